The summed E-state index contributed by atoms with van der Waals surface area (Å²) < 4.78 is 0. The lowest BCUT2D eigenvalue weighted by Crippen LogP contribution is -2.32. The zero-order valence-corrected chi connectivity index (χ0v) is 13.5. The summed E-state index contributed by atoms with van der Waals surface area (Å²) >= 11 is 1.75. The molecular weight excluding hydrogens is 282 g/mol. The van der Waals surface area contributed by atoms with Gasteiger partial charge in [0.15, 0.2) is 0 Å². The Labute approximate surface area is 130 Å². The van der Waals surface area contributed by atoms with Gasteiger partial charge in [0.2, 0.25) is 0 Å². The molecule has 0 bridgehead atoms. The van der Waals surface area contributed by atoms with E-state index in [1.54, 1.807) is 11.3 Å². The lowest BCUT2D eigenvalue weighted by Gasteiger charge is -2.20. The van der Waals surface area contributed by atoms with Crippen LogP contribution in [0.2, 0.25) is 0 Å². The van der Waals surface area contributed by atoms with Gasteiger partial charge in [0, 0.05) is 23.4 Å². The molecule has 1 fully saturated rings. The van der Waals surface area contributed by atoms with Crippen LogP contribution in [0.4, 0.5) is 0 Å². The molecule has 1 aromatic rings. The van der Waals surface area contributed by atoms with Crippen molar-refractivity contribution >= 4 is 17.2 Å². The van der Waals surface area contributed by atoms with Crippen LogP contribution in [0.3, 0.4) is 0 Å². The molecule has 3 nitrogen and oxygen atoms in total. The summed E-state index contributed by atoms with van der Waals surface area (Å²) in [6, 6.07) is 0. The SMILES string of the molecule is CC1CCc2c(C(=O)NCC3CCCC3CO)csc2C1. The third-order valence-corrected chi connectivity index (χ3v) is 6.27. The van der Waals surface area contributed by atoms with Crippen LogP contribution in [-0.4, -0.2) is 24.2 Å². The number of aliphatic hydroxyl groups excluding tert-OH is 1. The maximum absolute atomic E-state index is 12.4. The molecule has 116 valence electrons. The fourth-order valence-corrected chi connectivity index (χ4v) is 5.05. The number of carbonyl (C=O) groups excluding carboxylic acids is 1. The Morgan fingerprint density at radius 3 is 3.00 bits per heavy atom. The summed E-state index contributed by atoms with van der Waals surface area (Å²) in [5, 5.41) is 14.5. The van der Waals surface area contributed by atoms with Gasteiger partial charge in [-0.25, -0.2) is 0 Å². The van der Waals surface area contributed by atoms with E-state index in [0.717, 1.165) is 37.2 Å². The third kappa shape index (κ3) is 3.16. The number of rotatable bonds is 4. The van der Waals surface area contributed by atoms with Gasteiger partial charge in [-0.05, 0) is 55.4 Å². The number of nitrogens with one attached hydrogen (secondary N) is 1. The smallest absolute Gasteiger partial charge is 0.252 e. The van der Waals surface area contributed by atoms with Crippen molar-refractivity contribution in [2.24, 2.45) is 17.8 Å². The predicted octanol–water partition coefficient (Wildman–Crippen LogP) is 3.01. The lowest BCUT2D eigenvalue weighted by molar-refractivity contribution is 0.0937. The number of carbonyl (C=O) groups is 1. The van der Waals surface area contributed by atoms with E-state index in [9.17, 15) is 9.90 Å². The molecule has 1 heterocycles. The van der Waals surface area contributed by atoms with Crippen LogP contribution in [0.1, 0.15) is 53.4 Å². The van der Waals surface area contributed by atoms with Crippen molar-refractivity contribution in [3.63, 3.8) is 0 Å². The van der Waals surface area contributed by atoms with Gasteiger partial charge in [-0.1, -0.05) is 13.3 Å². The summed E-state index contributed by atoms with van der Waals surface area (Å²) in [7, 11) is 0. The molecule has 1 aromatic heterocycles. The van der Waals surface area contributed by atoms with Crippen LogP contribution >= 0.6 is 11.3 Å². The Morgan fingerprint density at radius 1 is 1.38 bits per heavy atom. The molecule has 0 saturated heterocycles. The Morgan fingerprint density at radius 2 is 2.19 bits per heavy atom. The maximum Gasteiger partial charge on any atom is 0.252 e. The second kappa shape index (κ2) is 6.49. The minimum absolute atomic E-state index is 0.0886. The standard InChI is InChI=1S/C17H25NO2S/c1-11-5-6-14-15(10-21-16(14)7-11)17(20)18-8-12-3-2-4-13(12)9-19/h10-13,19H,2-9H2,1H3,(H,18,20). The van der Waals surface area contributed by atoms with Gasteiger partial charge in [0.1, 0.15) is 0 Å². The first-order valence-electron chi connectivity index (χ1n) is 8.17. The van der Waals surface area contributed by atoms with Crippen LogP contribution in [0, 0.1) is 17.8 Å². The molecule has 2 aliphatic rings. The first kappa shape index (κ1) is 15.0. The second-order valence-corrected chi connectivity index (χ2v) is 7.71. The topological polar surface area (TPSA) is 49.3 Å². The van der Waals surface area contributed by atoms with E-state index < -0.39 is 0 Å². The number of hydrogen-bond donors (Lipinski definition) is 2. The van der Waals surface area contributed by atoms with Crippen molar-refractivity contribution in [2.45, 2.75) is 45.4 Å². The van der Waals surface area contributed by atoms with E-state index in [2.05, 4.69) is 12.2 Å². The number of amides is 1. The second-order valence-electron chi connectivity index (χ2n) is 6.74. The minimum Gasteiger partial charge on any atom is -0.396 e. The minimum atomic E-state index is 0.0886. The number of thiophene rings is 1. The first-order chi connectivity index (χ1) is 10.2. The molecule has 4 heteroatoms. The predicted molar refractivity (Wildman–Crippen MR) is 85.8 cm³/mol. The van der Waals surface area contributed by atoms with Gasteiger partial charge in [0.25, 0.3) is 5.91 Å². The quantitative estimate of drug-likeness (QED) is 0.898. The van der Waals surface area contributed by atoms with Crippen LogP contribution in [-0.2, 0) is 12.8 Å². The number of aliphatic hydroxyl groups is 1. The van der Waals surface area contributed by atoms with Crippen molar-refractivity contribution in [3.05, 3.63) is 21.4 Å². The third-order valence-electron chi connectivity index (χ3n) is 5.22. The normalized spacial score (nSPS) is 28.4. The summed E-state index contributed by atoms with van der Waals surface area (Å²) in [4.78, 5) is 13.9. The maximum atomic E-state index is 12.4. The van der Waals surface area contributed by atoms with Gasteiger partial charge in [-0.15, -0.1) is 11.3 Å². The van der Waals surface area contributed by atoms with Crippen LogP contribution in [0.15, 0.2) is 5.38 Å². The van der Waals surface area contributed by atoms with E-state index in [1.165, 1.54) is 23.3 Å². The molecule has 2 N–H and O–H groups in total. The van der Waals surface area contributed by atoms with E-state index in [4.69, 9.17) is 0 Å². The largest absolute Gasteiger partial charge is 0.396 e. The molecule has 3 unspecified atom stereocenters. The highest BCUT2D eigenvalue weighted by molar-refractivity contribution is 7.10. The van der Waals surface area contributed by atoms with Gasteiger partial charge in [-0.3, -0.25) is 4.79 Å². The Balaban J connectivity index is 1.61. The van der Waals surface area contributed by atoms with Gasteiger partial charge < -0.3 is 10.4 Å². The van der Waals surface area contributed by atoms with Gasteiger partial charge >= 0.3 is 0 Å². The molecule has 3 rings (SSSR count). The van der Waals surface area contributed by atoms with Gasteiger partial charge in [0.05, 0.1) is 5.56 Å². The fraction of sp³-hybridized carbons (Fsp3) is 0.706. The van der Waals surface area contributed by atoms with Crippen molar-refractivity contribution in [2.75, 3.05) is 13.2 Å². The zero-order valence-electron chi connectivity index (χ0n) is 12.7. The van der Waals surface area contributed by atoms with Crippen LogP contribution in [0.25, 0.3) is 0 Å². The highest BCUT2D eigenvalue weighted by Gasteiger charge is 2.28. The first-order valence-corrected chi connectivity index (χ1v) is 9.05. The number of hydrogen-bond acceptors (Lipinski definition) is 3. The molecule has 0 radical (unpaired) electrons. The van der Waals surface area contributed by atoms with Crippen LogP contribution in [0.5, 0.6) is 0 Å². The van der Waals surface area contributed by atoms with Crippen molar-refractivity contribution in [1.29, 1.82) is 0 Å². The Hall–Kier alpha value is -0.870. The average Bonchev–Trinajstić information content (AvgIpc) is 3.10. The molecular formula is C17H25NO2S. The molecule has 1 amide bonds. The monoisotopic (exact) mass is 307 g/mol. The lowest BCUT2D eigenvalue weighted by atomic mass is 9.88. The van der Waals surface area contributed by atoms with Crippen molar-refractivity contribution in [3.8, 4) is 0 Å². The molecule has 0 aliphatic heterocycles. The van der Waals surface area contributed by atoms with E-state index in [-0.39, 0.29) is 12.5 Å². The van der Waals surface area contributed by atoms with E-state index in [0.29, 0.717) is 18.4 Å². The molecule has 0 aromatic carbocycles. The van der Waals surface area contributed by atoms with E-state index >= 15 is 0 Å². The van der Waals surface area contributed by atoms with Gasteiger partial charge in [-0.2, -0.15) is 0 Å². The molecule has 2 aliphatic carbocycles. The summed E-state index contributed by atoms with van der Waals surface area (Å²) in [6.07, 6.45) is 6.78. The zero-order chi connectivity index (χ0) is 14.8. The summed E-state index contributed by atoms with van der Waals surface area (Å²) in [5.74, 6) is 1.66. The van der Waals surface area contributed by atoms with Crippen LogP contribution < -0.4 is 5.32 Å². The Kier molecular flexibility index (Phi) is 4.65. The Bertz CT molecular complexity index is 511. The highest BCUT2D eigenvalue weighted by Crippen LogP contribution is 2.33. The molecule has 21 heavy (non-hydrogen) atoms. The average molecular weight is 307 g/mol. The van der Waals surface area contributed by atoms with E-state index in [1.807, 2.05) is 5.38 Å². The fourth-order valence-electron chi connectivity index (χ4n) is 3.81. The summed E-state index contributed by atoms with van der Waals surface area (Å²) in [5.41, 5.74) is 2.20. The number of fused-ring (bicyclic) bond motifs is 1. The molecule has 3 atom stereocenters. The highest BCUT2D eigenvalue weighted by atomic mass is 32.1. The molecule has 1 saturated carbocycles. The van der Waals surface area contributed by atoms with Crippen molar-refractivity contribution in [1.82, 2.24) is 5.32 Å². The van der Waals surface area contributed by atoms with Crippen molar-refractivity contribution < 1.29 is 9.90 Å². The molecule has 0 spiro atoms. The summed E-state index contributed by atoms with van der Waals surface area (Å²) in [6.45, 7) is 3.26.